The van der Waals surface area contributed by atoms with Gasteiger partial charge < -0.3 is 10.2 Å². The van der Waals surface area contributed by atoms with Crippen LogP contribution in [0.5, 0.6) is 0 Å². The van der Waals surface area contributed by atoms with Crippen LogP contribution in [0.15, 0.2) is 42.5 Å². The summed E-state index contributed by atoms with van der Waals surface area (Å²) >= 11 is 0. The lowest BCUT2D eigenvalue weighted by atomic mass is 9.87. The van der Waals surface area contributed by atoms with E-state index in [0.717, 1.165) is 17.2 Å². The van der Waals surface area contributed by atoms with E-state index in [1.165, 1.54) is 17.0 Å². The topological polar surface area (TPSA) is 73.2 Å². The number of rotatable bonds is 3. The third-order valence-corrected chi connectivity index (χ3v) is 4.69. The molecule has 6 heteroatoms. The van der Waals surface area contributed by atoms with Gasteiger partial charge in [-0.25, -0.2) is 4.39 Å². The lowest BCUT2D eigenvalue weighted by Gasteiger charge is -2.17. The monoisotopic (exact) mass is 351 g/mol. The molecule has 1 aliphatic heterocycles. The molecule has 0 radical (unpaired) electrons. The first kappa shape index (κ1) is 17.6. The van der Waals surface area contributed by atoms with Crippen molar-refractivity contribution in [2.75, 3.05) is 18.9 Å². The molecule has 26 heavy (non-hydrogen) atoms. The predicted octanol–water partition coefficient (Wildman–Crippen LogP) is 2.82. The smallest absolute Gasteiger partial charge is 0.237 e. The van der Waals surface area contributed by atoms with Crippen molar-refractivity contribution in [2.45, 2.75) is 12.8 Å². The quantitative estimate of drug-likeness (QED) is 0.864. The molecule has 0 unspecified atom stereocenters. The Kier molecular flexibility index (Phi) is 4.72. The SMILES string of the molecule is Cc1ccc([C@H]2CN(C)C(=O)[C@@H]2C(=O)Nc2cccc(F)c2C#N)cc1. The average Bonchev–Trinajstić information content (AvgIpc) is 2.91. The minimum Gasteiger partial charge on any atom is -0.344 e. The number of likely N-dealkylation sites (N-methyl/N-ethyl adjacent to an activating group) is 1. The fourth-order valence-electron chi connectivity index (χ4n) is 3.26. The van der Waals surface area contributed by atoms with Gasteiger partial charge in [0, 0.05) is 19.5 Å². The lowest BCUT2D eigenvalue weighted by Crippen LogP contribution is -2.33. The minimum absolute atomic E-state index is 0.0718. The number of hydrogen-bond donors (Lipinski definition) is 1. The van der Waals surface area contributed by atoms with E-state index in [9.17, 15) is 14.0 Å². The van der Waals surface area contributed by atoms with Crippen LogP contribution >= 0.6 is 0 Å². The number of benzene rings is 2. The van der Waals surface area contributed by atoms with Crippen LogP contribution < -0.4 is 5.32 Å². The molecule has 3 rings (SSSR count). The molecule has 132 valence electrons. The number of halogens is 1. The Morgan fingerprint density at radius 3 is 2.62 bits per heavy atom. The second kappa shape index (κ2) is 6.96. The van der Waals surface area contributed by atoms with Gasteiger partial charge in [0.05, 0.1) is 5.69 Å². The Morgan fingerprint density at radius 1 is 1.27 bits per heavy atom. The number of carbonyl (C=O) groups is 2. The highest BCUT2D eigenvalue weighted by atomic mass is 19.1. The number of hydrogen-bond acceptors (Lipinski definition) is 3. The fraction of sp³-hybridized carbons (Fsp3) is 0.250. The zero-order chi connectivity index (χ0) is 18.8. The largest absolute Gasteiger partial charge is 0.344 e. The number of nitrogens with zero attached hydrogens (tertiary/aromatic N) is 2. The van der Waals surface area contributed by atoms with E-state index in [2.05, 4.69) is 5.32 Å². The molecule has 0 spiro atoms. The van der Waals surface area contributed by atoms with Gasteiger partial charge in [-0.05, 0) is 24.6 Å². The van der Waals surface area contributed by atoms with Crippen LogP contribution in [0.4, 0.5) is 10.1 Å². The first-order valence-electron chi connectivity index (χ1n) is 8.23. The number of nitrogens with one attached hydrogen (secondary N) is 1. The third-order valence-electron chi connectivity index (χ3n) is 4.69. The summed E-state index contributed by atoms with van der Waals surface area (Å²) in [5.74, 6) is -2.75. The van der Waals surface area contributed by atoms with Crippen LogP contribution in [-0.4, -0.2) is 30.3 Å². The summed E-state index contributed by atoms with van der Waals surface area (Å²) in [4.78, 5) is 26.9. The number of likely N-dealkylation sites (tertiary alicyclic amines) is 1. The van der Waals surface area contributed by atoms with Crippen molar-refractivity contribution in [1.29, 1.82) is 5.26 Å². The molecule has 0 aliphatic carbocycles. The molecule has 2 aromatic carbocycles. The summed E-state index contributed by atoms with van der Waals surface area (Å²) in [6, 6.07) is 13.5. The summed E-state index contributed by atoms with van der Waals surface area (Å²) in [6.45, 7) is 2.39. The van der Waals surface area contributed by atoms with Gasteiger partial charge in [0.25, 0.3) is 0 Å². The highest BCUT2D eigenvalue weighted by molar-refractivity contribution is 6.08. The molecular weight excluding hydrogens is 333 g/mol. The van der Waals surface area contributed by atoms with Crippen molar-refractivity contribution in [3.8, 4) is 6.07 Å². The minimum atomic E-state index is -0.919. The molecule has 0 bridgehead atoms. The zero-order valence-electron chi connectivity index (χ0n) is 14.5. The standard InChI is InChI=1S/C20H18FN3O2/c1-12-6-8-13(9-7-12)15-11-24(2)20(26)18(15)19(25)23-17-5-3-4-16(21)14(17)10-22/h3-9,15,18H,11H2,1-2H3,(H,23,25)/t15-,18+/m1/s1. The summed E-state index contributed by atoms with van der Waals surface area (Å²) in [7, 11) is 1.65. The maximum atomic E-state index is 13.7. The van der Waals surface area contributed by atoms with Gasteiger partial charge in [-0.1, -0.05) is 35.9 Å². The van der Waals surface area contributed by atoms with Gasteiger partial charge in [0.1, 0.15) is 23.4 Å². The summed E-state index contributed by atoms with van der Waals surface area (Å²) in [5.41, 5.74) is 1.81. The van der Waals surface area contributed by atoms with Gasteiger partial charge in [0.15, 0.2) is 0 Å². The van der Waals surface area contributed by atoms with Crippen LogP contribution in [0.3, 0.4) is 0 Å². The van der Waals surface area contributed by atoms with E-state index >= 15 is 0 Å². The second-order valence-electron chi connectivity index (χ2n) is 6.48. The van der Waals surface area contributed by atoms with Crippen molar-refractivity contribution < 1.29 is 14.0 Å². The number of aryl methyl sites for hydroxylation is 1. The summed E-state index contributed by atoms with van der Waals surface area (Å²) < 4.78 is 13.7. The van der Waals surface area contributed by atoms with Crippen molar-refractivity contribution in [3.63, 3.8) is 0 Å². The molecular formula is C20H18FN3O2. The van der Waals surface area contributed by atoms with E-state index in [4.69, 9.17) is 5.26 Å². The average molecular weight is 351 g/mol. The zero-order valence-corrected chi connectivity index (χ0v) is 14.5. The van der Waals surface area contributed by atoms with E-state index in [-0.39, 0.29) is 23.1 Å². The Morgan fingerprint density at radius 2 is 1.96 bits per heavy atom. The molecule has 2 amide bonds. The molecule has 1 saturated heterocycles. The normalized spacial score (nSPS) is 19.3. The van der Waals surface area contributed by atoms with E-state index < -0.39 is 17.6 Å². The van der Waals surface area contributed by atoms with Gasteiger partial charge in [-0.15, -0.1) is 0 Å². The molecule has 0 aromatic heterocycles. The van der Waals surface area contributed by atoms with Crippen molar-refractivity contribution in [3.05, 3.63) is 65.0 Å². The van der Waals surface area contributed by atoms with Crippen LogP contribution in [-0.2, 0) is 9.59 Å². The second-order valence-corrected chi connectivity index (χ2v) is 6.48. The third kappa shape index (κ3) is 3.16. The molecule has 1 aliphatic rings. The molecule has 1 fully saturated rings. The van der Waals surface area contributed by atoms with Crippen LogP contribution in [0.25, 0.3) is 0 Å². The van der Waals surface area contributed by atoms with Gasteiger partial charge in [0.2, 0.25) is 11.8 Å². The maximum Gasteiger partial charge on any atom is 0.237 e. The number of amides is 2. The van der Waals surface area contributed by atoms with Gasteiger partial charge >= 0.3 is 0 Å². The molecule has 5 nitrogen and oxygen atoms in total. The van der Waals surface area contributed by atoms with E-state index in [0.29, 0.717) is 6.54 Å². The number of carbonyl (C=O) groups excluding carboxylic acids is 2. The molecule has 2 atom stereocenters. The molecule has 0 saturated carbocycles. The Hall–Kier alpha value is -3.20. The van der Waals surface area contributed by atoms with Crippen LogP contribution in [0, 0.1) is 30.0 Å². The fourth-order valence-corrected chi connectivity index (χ4v) is 3.26. The van der Waals surface area contributed by atoms with Gasteiger partial charge in [-0.2, -0.15) is 5.26 Å². The summed E-state index contributed by atoms with van der Waals surface area (Å²) in [6.07, 6.45) is 0. The molecule has 1 heterocycles. The number of anilines is 1. The highest BCUT2D eigenvalue weighted by Crippen LogP contribution is 2.34. The van der Waals surface area contributed by atoms with Crippen LogP contribution in [0.2, 0.25) is 0 Å². The van der Waals surface area contributed by atoms with Crippen molar-refractivity contribution in [2.24, 2.45) is 5.92 Å². The van der Waals surface area contributed by atoms with Crippen molar-refractivity contribution >= 4 is 17.5 Å². The lowest BCUT2D eigenvalue weighted by molar-refractivity contribution is -0.135. The van der Waals surface area contributed by atoms with Crippen molar-refractivity contribution in [1.82, 2.24) is 4.90 Å². The van der Waals surface area contributed by atoms with Gasteiger partial charge in [-0.3, -0.25) is 9.59 Å². The number of nitriles is 1. The van der Waals surface area contributed by atoms with Crippen LogP contribution in [0.1, 0.15) is 22.6 Å². The van der Waals surface area contributed by atoms with E-state index in [1.807, 2.05) is 31.2 Å². The molecule has 1 N–H and O–H groups in total. The predicted molar refractivity (Wildman–Crippen MR) is 94.8 cm³/mol. The Bertz CT molecular complexity index is 902. The van der Waals surface area contributed by atoms with E-state index in [1.54, 1.807) is 13.1 Å². The molecule has 2 aromatic rings. The maximum absolute atomic E-state index is 13.7. The first-order valence-corrected chi connectivity index (χ1v) is 8.23. The Balaban J connectivity index is 1.91. The highest BCUT2D eigenvalue weighted by Gasteiger charge is 2.44. The first-order chi connectivity index (χ1) is 12.4. The Labute approximate surface area is 151 Å². The summed E-state index contributed by atoms with van der Waals surface area (Å²) in [5, 5.41) is 11.7.